The summed E-state index contributed by atoms with van der Waals surface area (Å²) in [5.74, 6) is 0. The monoisotopic (exact) mass is 444 g/mol. The number of benzene rings is 3. The maximum atomic E-state index is 6.07. The third kappa shape index (κ3) is 3.66. The Labute approximate surface area is 171 Å². The van der Waals surface area contributed by atoms with E-state index in [1.807, 2.05) is 48.5 Å². The topological polar surface area (TPSA) is 15.6 Å². The lowest BCUT2D eigenvalue weighted by Gasteiger charge is -2.24. The van der Waals surface area contributed by atoms with E-state index >= 15 is 0 Å². The van der Waals surface area contributed by atoms with Crippen LogP contribution in [0.4, 0.5) is 5.69 Å². The van der Waals surface area contributed by atoms with Gasteiger partial charge in [0.05, 0.1) is 17.4 Å². The molecular weight excluding hydrogens is 431 g/mol. The highest BCUT2D eigenvalue weighted by molar-refractivity contribution is 9.10. The molecule has 3 aromatic rings. The zero-order chi connectivity index (χ0) is 18.1. The van der Waals surface area contributed by atoms with Gasteiger partial charge in [-0.25, -0.2) is 0 Å². The molecule has 0 spiro atoms. The van der Waals surface area contributed by atoms with E-state index in [-0.39, 0.29) is 6.04 Å². The number of hydrogen-bond acceptors (Lipinski definition) is 2. The molecule has 0 aliphatic carbocycles. The molecule has 0 aromatic heterocycles. The Morgan fingerprint density at radius 3 is 2.00 bits per heavy atom. The molecule has 3 aromatic carbocycles. The molecule has 0 amide bonds. The third-order valence-electron chi connectivity index (χ3n) is 4.43. The Bertz CT molecular complexity index is 935. The van der Waals surface area contributed by atoms with Crippen LogP contribution < -0.4 is 5.01 Å². The first-order valence-corrected chi connectivity index (χ1v) is 9.79. The molecule has 1 aliphatic rings. The molecule has 0 radical (unpaired) electrons. The lowest BCUT2D eigenvalue weighted by molar-refractivity contribution is 0.709. The van der Waals surface area contributed by atoms with Crippen molar-refractivity contribution < 1.29 is 0 Å². The van der Waals surface area contributed by atoms with E-state index in [0.29, 0.717) is 0 Å². The van der Waals surface area contributed by atoms with Crippen molar-refractivity contribution in [2.45, 2.75) is 12.5 Å². The van der Waals surface area contributed by atoms with E-state index in [2.05, 4.69) is 45.2 Å². The molecule has 0 saturated heterocycles. The minimum Gasteiger partial charge on any atom is -0.257 e. The van der Waals surface area contributed by atoms with Crippen molar-refractivity contribution in [3.8, 4) is 0 Å². The maximum absolute atomic E-state index is 6.07. The van der Waals surface area contributed by atoms with Gasteiger partial charge < -0.3 is 0 Å². The molecule has 130 valence electrons. The highest BCUT2D eigenvalue weighted by Gasteiger charge is 2.29. The van der Waals surface area contributed by atoms with Gasteiger partial charge in [0.15, 0.2) is 0 Å². The summed E-state index contributed by atoms with van der Waals surface area (Å²) in [4.78, 5) is 0. The minimum absolute atomic E-state index is 0.124. The molecule has 5 heteroatoms. The fraction of sp³-hybridized carbons (Fsp3) is 0.0952. The number of nitrogens with zero attached hydrogens (tertiary/aromatic N) is 2. The van der Waals surface area contributed by atoms with Crippen molar-refractivity contribution in [3.05, 3.63) is 98.4 Å². The quantitative estimate of drug-likeness (QED) is 0.419. The smallest absolute Gasteiger partial charge is 0.0831 e. The number of anilines is 1. The van der Waals surface area contributed by atoms with E-state index in [9.17, 15) is 0 Å². The highest BCUT2D eigenvalue weighted by Crippen LogP contribution is 2.37. The molecule has 1 heterocycles. The van der Waals surface area contributed by atoms with Gasteiger partial charge in [0, 0.05) is 20.9 Å². The first kappa shape index (κ1) is 17.6. The Morgan fingerprint density at radius 2 is 1.38 bits per heavy atom. The first-order valence-electron chi connectivity index (χ1n) is 8.24. The standard InChI is InChI=1S/C21H15BrCl2N2/c22-16-5-11-19(12-6-16)26-21(15-3-9-18(24)10-4-15)13-20(25-26)14-1-7-17(23)8-2-14/h1-12,21H,13H2/t21-/m1/s1. The van der Waals surface area contributed by atoms with Gasteiger partial charge >= 0.3 is 0 Å². The molecule has 0 unspecified atom stereocenters. The molecule has 2 nitrogen and oxygen atoms in total. The van der Waals surface area contributed by atoms with Crippen LogP contribution in [0.15, 0.2) is 82.4 Å². The Balaban J connectivity index is 1.74. The van der Waals surface area contributed by atoms with Gasteiger partial charge in [-0.15, -0.1) is 0 Å². The molecular formula is C21H15BrCl2N2. The van der Waals surface area contributed by atoms with Crippen LogP contribution in [0.1, 0.15) is 23.6 Å². The largest absolute Gasteiger partial charge is 0.257 e. The van der Waals surface area contributed by atoms with Crippen LogP contribution in [-0.2, 0) is 0 Å². The summed E-state index contributed by atoms with van der Waals surface area (Å²) in [6.07, 6.45) is 0.819. The average molecular weight is 446 g/mol. The predicted molar refractivity (Wildman–Crippen MR) is 113 cm³/mol. The van der Waals surface area contributed by atoms with Crippen LogP contribution in [0.25, 0.3) is 0 Å². The van der Waals surface area contributed by atoms with E-state index in [1.165, 1.54) is 5.56 Å². The van der Waals surface area contributed by atoms with Gasteiger partial charge in [-0.2, -0.15) is 5.10 Å². The third-order valence-corrected chi connectivity index (χ3v) is 5.47. The summed E-state index contributed by atoms with van der Waals surface area (Å²) in [6.45, 7) is 0. The normalized spacial score (nSPS) is 16.7. The van der Waals surface area contributed by atoms with Gasteiger partial charge in [0.2, 0.25) is 0 Å². The number of halogens is 3. The predicted octanol–water partition coefficient (Wildman–Crippen LogP) is 7.11. The number of rotatable bonds is 3. The number of hydrazone groups is 1. The van der Waals surface area contributed by atoms with Gasteiger partial charge in [0.1, 0.15) is 0 Å². The Kier molecular flexibility index (Phi) is 5.03. The van der Waals surface area contributed by atoms with Crippen molar-refractivity contribution in [2.75, 3.05) is 5.01 Å². The van der Waals surface area contributed by atoms with Crippen LogP contribution >= 0.6 is 39.1 Å². The molecule has 1 aliphatic heterocycles. The molecule has 1 atom stereocenters. The summed E-state index contributed by atoms with van der Waals surface area (Å²) < 4.78 is 1.05. The summed E-state index contributed by atoms with van der Waals surface area (Å²) in [5, 5.41) is 8.47. The van der Waals surface area contributed by atoms with Crippen LogP contribution in [-0.4, -0.2) is 5.71 Å². The van der Waals surface area contributed by atoms with Gasteiger partial charge in [0.25, 0.3) is 0 Å². The molecule has 26 heavy (non-hydrogen) atoms. The maximum Gasteiger partial charge on any atom is 0.0831 e. The van der Waals surface area contributed by atoms with Gasteiger partial charge in [-0.1, -0.05) is 63.4 Å². The Morgan fingerprint density at radius 1 is 0.808 bits per heavy atom. The zero-order valence-electron chi connectivity index (χ0n) is 13.7. The fourth-order valence-corrected chi connectivity index (χ4v) is 3.62. The van der Waals surface area contributed by atoms with Crippen molar-refractivity contribution in [1.82, 2.24) is 0 Å². The summed E-state index contributed by atoms with van der Waals surface area (Å²) in [7, 11) is 0. The highest BCUT2D eigenvalue weighted by atomic mass is 79.9. The van der Waals surface area contributed by atoms with Crippen molar-refractivity contribution in [3.63, 3.8) is 0 Å². The van der Waals surface area contributed by atoms with Crippen LogP contribution in [0.2, 0.25) is 10.0 Å². The van der Waals surface area contributed by atoms with Crippen molar-refractivity contribution in [1.29, 1.82) is 0 Å². The van der Waals surface area contributed by atoms with E-state index in [1.54, 1.807) is 0 Å². The summed E-state index contributed by atoms with van der Waals surface area (Å²) in [6, 6.07) is 24.2. The van der Waals surface area contributed by atoms with E-state index in [4.69, 9.17) is 28.3 Å². The molecule has 0 fully saturated rings. The lowest BCUT2D eigenvalue weighted by Crippen LogP contribution is -2.18. The first-order chi connectivity index (χ1) is 12.6. The molecule has 0 bridgehead atoms. The second kappa shape index (κ2) is 7.43. The summed E-state index contributed by atoms with van der Waals surface area (Å²) in [5.41, 5.74) is 4.37. The molecule has 0 saturated carbocycles. The van der Waals surface area contributed by atoms with Crippen LogP contribution in [0, 0.1) is 0 Å². The van der Waals surface area contributed by atoms with E-state index < -0.39 is 0 Å². The second-order valence-corrected chi connectivity index (χ2v) is 7.93. The van der Waals surface area contributed by atoms with Crippen LogP contribution in [0.5, 0.6) is 0 Å². The van der Waals surface area contributed by atoms with E-state index in [0.717, 1.165) is 37.9 Å². The second-order valence-electron chi connectivity index (χ2n) is 6.15. The Hall–Kier alpha value is -1.81. The van der Waals surface area contributed by atoms with Gasteiger partial charge in [-0.3, -0.25) is 5.01 Å². The van der Waals surface area contributed by atoms with Gasteiger partial charge in [-0.05, 0) is 59.7 Å². The average Bonchev–Trinajstić information content (AvgIpc) is 3.09. The SMILES string of the molecule is Clc1ccc(C2=NN(c3ccc(Br)cc3)[C@@H](c3ccc(Cl)cc3)C2)cc1. The van der Waals surface area contributed by atoms with Crippen LogP contribution in [0.3, 0.4) is 0 Å². The minimum atomic E-state index is 0.124. The molecule has 4 rings (SSSR count). The summed E-state index contributed by atoms with van der Waals surface area (Å²) >= 11 is 15.6. The molecule has 0 N–H and O–H groups in total. The fourth-order valence-electron chi connectivity index (χ4n) is 3.10. The number of hydrogen-bond donors (Lipinski definition) is 0. The van der Waals surface area contributed by atoms with Crippen molar-refractivity contribution in [2.24, 2.45) is 5.10 Å². The lowest BCUT2D eigenvalue weighted by atomic mass is 9.98. The zero-order valence-corrected chi connectivity index (χ0v) is 16.8. The van der Waals surface area contributed by atoms with Crippen molar-refractivity contribution >= 4 is 50.5 Å².